The largest absolute Gasteiger partial charge is 0.455 e. The Bertz CT molecular complexity index is 1350. The molecule has 1 amide bonds. The van der Waals surface area contributed by atoms with Crippen molar-refractivity contribution in [3.8, 4) is 23.3 Å². The Labute approximate surface area is 191 Å². The highest BCUT2D eigenvalue weighted by molar-refractivity contribution is 9.11. The number of halogens is 2. The van der Waals surface area contributed by atoms with Gasteiger partial charge in [-0.2, -0.15) is 9.94 Å². The third-order valence-electron chi connectivity index (χ3n) is 4.58. The zero-order valence-electron chi connectivity index (χ0n) is 15.7. The summed E-state index contributed by atoms with van der Waals surface area (Å²) in [6, 6.07) is 10.2. The predicted octanol–water partition coefficient (Wildman–Crippen LogP) is 3.38. The van der Waals surface area contributed by atoms with E-state index in [1.807, 2.05) is 6.07 Å². The highest BCUT2D eigenvalue weighted by atomic mass is 79.9. The molecule has 2 heterocycles. The van der Waals surface area contributed by atoms with E-state index in [9.17, 15) is 14.4 Å². The molecule has 0 spiro atoms. The summed E-state index contributed by atoms with van der Waals surface area (Å²) in [4.78, 5) is 37.5. The number of aromatic nitrogens is 3. The number of benzene rings is 2. The second-order valence-electron chi connectivity index (χ2n) is 6.69. The Morgan fingerprint density at radius 2 is 1.84 bits per heavy atom. The number of hydrogen-bond donors (Lipinski definition) is 2. The van der Waals surface area contributed by atoms with Crippen molar-refractivity contribution in [3.63, 3.8) is 0 Å². The Hall–Kier alpha value is -3.23. The Kier molecular flexibility index (Phi) is 5.75. The minimum atomic E-state index is -0.846. The SMILES string of the molecule is N#Cc1nn(-c2cc(Br)c(Oc3ccc4c(c3)CCCC(=O)N4)c(Br)c2)c(=O)[nH]c1=O. The van der Waals surface area contributed by atoms with Crippen LogP contribution in [-0.2, 0) is 11.2 Å². The van der Waals surface area contributed by atoms with Crippen LogP contribution in [0.5, 0.6) is 11.5 Å². The standard InChI is InChI=1S/C20H13Br2N5O4/c21-13-7-11(27-20(30)25-19(29)16(9-23)26-27)8-14(22)18(13)31-12-4-5-15-10(6-12)2-1-3-17(28)24-15/h4-8H,1-3H2,(H,24,28)(H,25,29,30). The molecule has 2 aromatic carbocycles. The van der Waals surface area contributed by atoms with Gasteiger partial charge in [0.25, 0.3) is 5.56 Å². The van der Waals surface area contributed by atoms with Crippen molar-refractivity contribution in [1.82, 2.24) is 14.8 Å². The number of amides is 1. The number of ether oxygens (including phenoxy) is 1. The van der Waals surface area contributed by atoms with E-state index in [-0.39, 0.29) is 5.91 Å². The fourth-order valence-electron chi connectivity index (χ4n) is 3.15. The molecule has 0 fully saturated rings. The molecule has 1 aliphatic rings. The number of hydrogen-bond acceptors (Lipinski definition) is 6. The normalized spacial score (nSPS) is 13.0. The van der Waals surface area contributed by atoms with Gasteiger partial charge in [0.05, 0.1) is 14.6 Å². The smallest absolute Gasteiger partial charge is 0.349 e. The van der Waals surface area contributed by atoms with Crippen LogP contribution in [0, 0.1) is 11.3 Å². The molecular weight excluding hydrogens is 534 g/mol. The fraction of sp³-hybridized carbons (Fsp3) is 0.150. The molecule has 0 unspecified atom stereocenters. The number of nitrogens with one attached hydrogen (secondary N) is 2. The molecule has 11 heteroatoms. The van der Waals surface area contributed by atoms with Gasteiger partial charge < -0.3 is 10.1 Å². The van der Waals surface area contributed by atoms with Crippen LogP contribution in [0.1, 0.15) is 24.1 Å². The number of nitrogens with zero attached hydrogens (tertiary/aromatic N) is 3. The topological polar surface area (TPSA) is 130 Å². The molecule has 3 aromatic rings. The maximum atomic E-state index is 12.1. The van der Waals surface area contributed by atoms with Crippen LogP contribution < -0.4 is 21.3 Å². The van der Waals surface area contributed by atoms with Gasteiger partial charge in [0.1, 0.15) is 11.8 Å². The van der Waals surface area contributed by atoms with Gasteiger partial charge in [-0.05, 0) is 80.6 Å². The van der Waals surface area contributed by atoms with Crippen LogP contribution in [0.4, 0.5) is 5.69 Å². The minimum absolute atomic E-state index is 0.000778. The minimum Gasteiger partial charge on any atom is -0.455 e. The lowest BCUT2D eigenvalue weighted by Gasteiger charge is -2.14. The van der Waals surface area contributed by atoms with Crippen LogP contribution in [-0.4, -0.2) is 20.7 Å². The summed E-state index contributed by atoms with van der Waals surface area (Å²) in [6.45, 7) is 0. The average Bonchev–Trinajstić information content (AvgIpc) is 2.91. The number of anilines is 1. The van der Waals surface area contributed by atoms with Crippen molar-refractivity contribution in [3.05, 3.63) is 71.4 Å². The van der Waals surface area contributed by atoms with Crippen LogP contribution in [0.15, 0.2) is 48.9 Å². The molecule has 0 saturated carbocycles. The number of nitriles is 1. The highest BCUT2D eigenvalue weighted by Crippen LogP contribution is 2.39. The number of H-pyrrole nitrogens is 1. The number of carbonyl (C=O) groups is 1. The van der Waals surface area contributed by atoms with E-state index < -0.39 is 16.9 Å². The number of aromatic amines is 1. The summed E-state index contributed by atoms with van der Waals surface area (Å²) in [6.07, 6.45) is 2.00. The molecule has 1 aromatic heterocycles. The van der Waals surface area contributed by atoms with E-state index in [1.165, 1.54) is 0 Å². The van der Waals surface area contributed by atoms with Crippen molar-refractivity contribution < 1.29 is 9.53 Å². The van der Waals surface area contributed by atoms with Gasteiger partial charge in [0.15, 0.2) is 5.75 Å². The van der Waals surface area contributed by atoms with Gasteiger partial charge in [0.2, 0.25) is 11.6 Å². The van der Waals surface area contributed by atoms with Crippen LogP contribution in [0.3, 0.4) is 0 Å². The second kappa shape index (κ2) is 8.49. The summed E-state index contributed by atoms with van der Waals surface area (Å²) in [5.41, 5.74) is 0.0311. The number of aryl methyl sites for hydroxylation is 1. The van der Waals surface area contributed by atoms with Gasteiger partial charge in [-0.15, -0.1) is 5.10 Å². The van der Waals surface area contributed by atoms with Crippen LogP contribution in [0.25, 0.3) is 5.69 Å². The summed E-state index contributed by atoms with van der Waals surface area (Å²) in [5.74, 6) is 1.04. The zero-order chi connectivity index (χ0) is 22.1. The molecule has 9 nitrogen and oxygen atoms in total. The maximum Gasteiger partial charge on any atom is 0.349 e. The fourth-order valence-corrected chi connectivity index (χ4v) is 4.47. The summed E-state index contributed by atoms with van der Waals surface area (Å²) >= 11 is 6.86. The van der Waals surface area contributed by atoms with Gasteiger partial charge in [-0.1, -0.05) is 0 Å². The van der Waals surface area contributed by atoms with E-state index in [4.69, 9.17) is 10.00 Å². The summed E-state index contributed by atoms with van der Waals surface area (Å²) < 4.78 is 7.98. The van der Waals surface area contributed by atoms with Crippen LogP contribution >= 0.6 is 31.9 Å². The van der Waals surface area contributed by atoms with E-state index in [0.717, 1.165) is 28.8 Å². The predicted molar refractivity (Wildman–Crippen MR) is 119 cm³/mol. The molecule has 0 radical (unpaired) electrons. The average molecular weight is 547 g/mol. The molecule has 31 heavy (non-hydrogen) atoms. The number of rotatable bonds is 3. The third-order valence-corrected chi connectivity index (χ3v) is 5.76. The van der Waals surface area contributed by atoms with Gasteiger partial charge in [0, 0.05) is 12.1 Å². The Morgan fingerprint density at radius 3 is 2.55 bits per heavy atom. The van der Waals surface area contributed by atoms with E-state index >= 15 is 0 Å². The Balaban J connectivity index is 1.69. The van der Waals surface area contributed by atoms with E-state index in [0.29, 0.717) is 32.6 Å². The van der Waals surface area contributed by atoms with Crippen molar-refractivity contribution in [2.45, 2.75) is 19.3 Å². The number of carbonyl (C=O) groups excluding carboxylic acids is 1. The lowest BCUT2D eigenvalue weighted by atomic mass is 10.1. The quantitative estimate of drug-likeness (QED) is 0.518. The maximum absolute atomic E-state index is 12.1. The molecule has 2 N–H and O–H groups in total. The first-order chi connectivity index (χ1) is 14.9. The first-order valence-corrected chi connectivity index (χ1v) is 10.7. The van der Waals surface area contributed by atoms with Crippen molar-refractivity contribution in [2.24, 2.45) is 0 Å². The molecule has 1 aliphatic heterocycles. The van der Waals surface area contributed by atoms with Crippen LogP contribution in [0.2, 0.25) is 0 Å². The van der Waals surface area contributed by atoms with E-state index in [1.54, 1.807) is 30.3 Å². The lowest BCUT2D eigenvalue weighted by molar-refractivity contribution is -0.116. The number of fused-ring (bicyclic) bond motifs is 1. The Morgan fingerprint density at radius 1 is 1.10 bits per heavy atom. The van der Waals surface area contributed by atoms with E-state index in [2.05, 4.69) is 47.3 Å². The molecular formula is C20H13Br2N5O4. The van der Waals surface area contributed by atoms with Crippen molar-refractivity contribution >= 4 is 43.5 Å². The lowest BCUT2D eigenvalue weighted by Crippen LogP contribution is -2.33. The molecule has 0 bridgehead atoms. The second-order valence-corrected chi connectivity index (χ2v) is 8.40. The zero-order valence-corrected chi connectivity index (χ0v) is 18.9. The first kappa shape index (κ1) is 21.0. The molecule has 0 saturated heterocycles. The third kappa shape index (κ3) is 4.30. The highest BCUT2D eigenvalue weighted by Gasteiger charge is 2.17. The molecule has 156 valence electrons. The first-order valence-electron chi connectivity index (χ1n) is 9.09. The van der Waals surface area contributed by atoms with Crippen molar-refractivity contribution in [1.29, 1.82) is 5.26 Å². The van der Waals surface area contributed by atoms with Gasteiger partial charge >= 0.3 is 5.69 Å². The van der Waals surface area contributed by atoms with Gasteiger partial charge in [-0.3, -0.25) is 14.6 Å². The summed E-state index contributed by atoms with van der Waals surface area (Å²) in [5, 5.41) is 15.7. The van der Waals surface area contributed by atoms with Gasteiger partial charge in [-0.25, -0.2) is 4.79 Å². The van der Waals surface area contributed by atoms with Crippen molar-refractivity contribution in [2.75, 3.05) is 5.32 Å². The molecule has 4 rings (SSSR count). The summed E-state index contributed by atoms with van der Waals surface area (Å²) in [7, 11) is 0. The monoisotopic (exact) mass is 545 g/mol. The molecule has 0 atom stereocenters. The molecule has 0 aliphatic carbocycles.